The molecule has 5 nitrogen and oxygen atoms in total. The van der Waals surface area contributed by atoms with Crippen molar-refractivity contribution in [2.24, 2.45) is 11.3 Å². The van der Waals surface area contributed by atoms with Crippen molar-refractivity contribution in [3.05, 3.63) is 90.3 Å². The molecule has 0 radical (unpaired) electrons. The van der Waals surface area contributed by atoms with E-state index in [9.17, 15) is 9.59 Å². The summed E-state index contributed by atoms with van der Waals surface area (Å²) in [6, 6.07) is 22.0. The molecule has 170 valence electrons. The average Bonchev–Trinajstić information content (AvgIpc) is 3.28. The molecule has 1 saturated heterocycles. The predicted octanol–water partition coefficient (Wildman–Crippen LogP) is 4.60. The van der Waals surface area contributed by atoms with Crippen molar-refractivity contribution in [1.82, 2.24) is 15.2 Å². The van der Waals surface area contributed by atoms with Gasteiger partial charge in [0.05, 0.1) is 5.41 Å². The number of benzene rings is 2. The lowest BCUT2D eigenvalue weighted by Gasteiger charge is -2.30. The number of rotatable bonds is 7. The molecule has 0 saturated carbocycles. The number of carbonyl (C=O) groups is 2. The quantitative estimate of drug-likeness (QED) is 0.583. The molecule has 2 aromatic carbocycles. The van der Waals surface area contributed by atoms with E-state index in [1.165, 1.54) is 0 Å². The maximum absolute atomic E-state index is 13.6. The van der Waals surface area contributed by atoms with E-state index >= 15 is 0 Å². The van der Waals surface area contributed by atoms with Crippen LogP contribution >= 0.6 is 0 Å². The van der Waals surface area contributed by atoms with E-state index in [0.29, 0.717) is 44.0 Å². The van der Waals surface area contributed by atoms with Gasteiger partial charge in [-0.2, -0.15) is 0 Å². The first-order valence-corrected chi connectivity index (χ1v) is 11.6. The molecule has 4 rings (SSSR count). The number of amides is 2. The Kier molecular flexibility index (Phi) is 6.87. The number of likely N-dealkylation sites (tertiary alicyclic amines) is 1. The Bertz CT molecular complexity index is 1100. The summed E-state index contributed by atoms with van der Waals surface area (Å²) >= 11 is 0. The molecule has 33 heavy (non-hydrogen) atoms. The Hall–Kier alpha value is -3.47. The minimum atomic E-state index is -0.664. The lowest BCUT2D eigenvalue weighted by molar-refractivity contribution is -0.130. The molecule has 1 aliphatic rings. The molecule has 1 aliphatic heterocycles. The first kappa shape index (κ1) is 22.7. The monoisotopic (exact) mass is 441 g/mol. The number of hydrogen-bond acceptors (Lipinski definition) is 3. The van der Waals surface area contributed by atoms with Crippen LogP contribution < -0.4 is 5.32 Å². The molecule has 1 aromatic heterocycles. The third kappa shape index (κ3) is 5.14. The number of hydrogen-bond donors (Lipinski definition) is 1. The van der Waals surface area contributed by atoms with Crippen LogP contribution in [0.2, 0.25) is 0 Å². The molecule has 0 aliphatic carbocycles. The van der Waals surface area contributed by atoms with Crippen molar-refractivity contribution in [2.45, 2.75) is 26.7 Å². The molecule has 1 N–H and O–H groups in total. The second-order valence-electron chi connectivity index (χ2n) is 9.30. The molecule has 2 heterocycles. The highest BCUT2D eigenvalue weighted by Gasteiger charge is 2.46. The number of pyridine rings is 1. The van der Waals surface area contributed by atoms with Crippen LogP contribution in [0, 0.1) is 11.3 Å². The van der Waals surface area contributed by atoms with E-state index in [0.717, 1.165) is 16.7 Å². The van der Waals surface area contributed by atoms with Gasteiger partial charge in [-0.25, -0.2) is 0 Å². The van der Waals surface area contributed by atoms with Crippen LogP contribution in [0.3, 0.4) is 0 Å². The number of nitrogens with one attached hydrogen (secondary N) is 1. The van der Waals surface area contributed by atoms with Crippen LogP contribution in [0.1, 0.15) is 36.2 Å². The van der Waals surface area contributed by atoms with E-state index < -0.39 is 5.41 Å². The topological polar surface area (TPSA) is 62.3 Å². The fourth-order valence-electron chi connectivity index (χ4n) is 4.56. The van der Waals surface area contributed by atoms with E-state index in [1.807, 2.05) is 35.2 Å². The SMILES string of the molecule is CC(C)CNC(=O)[C@@]1(Cc2ccccc2-c2ccccc2)CCN(C(=O)c2ccncc2)C1. The molecule has 0 spiro atoms. The van der Waals surface area contributed by atoms with Gasteiger partial charge in [0.15, 0.2) is 0 Å². The Labute approximate surface area is 195 Å². The van der Waals surface area contributed by atoms with Gasteiger partial charge in [-0.3, -0.25) is 14.6 Å². The van der Waals surface area contributed by atoms with Gasteiger partial charge in [0.25, 0.3) is 5.91 Å². The highest BCUT2D eigenvalue weighted by atomic mass is 16.2. The zero-order valence-corrected chi connectivity index (χ0v) is 19.3. The van der Waals surface area contributed by atoms with Gasteiger partial charge in [0.2, 0.25) is 5.91 Å². The summed E-state index contributed by atoms with van der Waals surface area (Å²) in [7, 11) is 0. The van der Waals surface area contributed by atoms with Gasteiger partial charge in [-0.1, -0.05) is 68.4 Å². The lowest BCUT2D eigenvalue weighted by atomic mass is 9.78. The number of nitrogens with zero attached hydrogens (tertiary/aromatic N) is 2. The van der Waals surface area contributed by atoms with Crippen molar-refractivity contribution in [3.63, 3.8) is 0 Å². The molecular weight excluding hydrogens is 410 g/mol. The van der Waals surface area contributed by atoms with Crippen LogP contribution in [0.4, 0.5) is 0 Å². The molecule has 0 bridgehead atoms. The van der Waals surface area contributed by atoms with E-state index in [-0.39, 0.29) is 11.8 Å². The molecule has 1 atom stereocenters. The normalized spacial score (nSPS) is 17.8. The van der Waals surface area contributed by atoms with Crippen LogP contribution in [-0.4, -0.2) is 41.3 Å². The van der Waals surface area contributed by atoms with Crippen molar-refractivity contribution < 1.29 is 9.59 Å². The second kappa shape index (κ2) is 9.99. The van der Waals surface area contributed by atoms with E-state index in [2.05, 4.69) is 48.4 Å². The Morgan fingerprint density at radius 3 is 2.42 bits per heavy atom. The number of aromatic nitrogens is 1. The summed E-state index contributed by atoms with van der Waals surface area (Å²) < 4.78 is 0. The smallest absolute Gasteiger partial charge is 0.253 e. The van der Waals surface area contributed by atoms with Crippen molar-refractivity contribution in [2.75, 3.05) is 19.6 Å². The molecule has 1 fully saturated rings. The lowest BCUT2D eigenvalue weighted by Crippen LogP contribution is -2.46. The fourth-order valence-corrected chi connectivity index (χ4v) is 4.56. The first-order chi connectivity index (χ1) is 16.0. The summed E-state index contributed by atoms with van der Waals surface area (Å²) in [5, 5.41) is 3.16. The summed E-state index contributed by atoms with van der Waals surface area (Å²) in [5.41, 5.74) is 3.33. The average molecular weight is 442 g/mol. The largest absolute Gasteiger partial charge is 0.355 e. The predicted molar refractivity (Wildman–Crippen MR) is 131 cm³/mol. The maximum atomic E-state index is 13.6. The minimum absolute atomic E-state index is 0.0316. The third-order valence-corrected chi connectivity index (χ3v) is 6.35. The standard InChI is InChI=1S/C28H31N3O2/c1-21(2)19-30-27(33)28(14-17-31(20-28)26(32)23-12-15-29-16-13-23)18-24-10-6-7-11-25(24)22-8-4-3-5-9-22/h3-13,15-16,21H,14,17-20H2,1-2H3,(H,30,33)/t28-/m1/s1. The summed E-state index contributed by atoms with van der Waals surface area (Å²) in [5.74, 6) is 0.343. The van der Waals surface area contributed by atoms with Crippen molar-refractivity contribution >= 4 is 11.8 Å². The minimum Gasteiger partial charge on any atom is -0.355 e. The highest BCUT2D eigenvalue weighted by molar-refractivity contribution is 5.95. The second-order valence-corrected chi connectivity index (χ2v) is 9.30. The van der Waals surface area contributed by atoms with Crippen LogP contribution in [-0.2, 0) is 11.2 Å². The van der Waals surface area contributed by atoms with Crippen LogP contribution in [0.25, 0.3) is 11.1 Å². The zero-order chi connectivity index (χ0) is 23.3. The Morgan fingerprint density at radius 2 is 1.70 bits per heavy atom. The summed E-state index contributed by atoms with van der Waals surface area (Å²) in [6.45, 7) is 5.77. The molecule has 5 heteroatoms. The first-order valence-electron chi connectivity index (χ1n) is 11.6. The molecule has 2 amide bonds. The number of carbonyl (C=O) groups excluding carboxylic acids is 2. The van der Waals surface area contributed by atoms with Gasteiger partial charge < -0.3 is 10.2 Å². The van der Waals surface area contributed by atoms with Crippen LogP contribution in [0.5, 0.6) is 0 Å². The fraction of sp³-hybridized carbons (Fsp3) is 0.321. The van der Waals surface area contributed by atoms with Crippen molar-refractivity contribution in [1.29, 1.82) is 0 Å². The maximum Gasteiger partial charge on any atom is 0.253 e. The van der Waals surface area contributed by atoms with Gasteiger partial charge in [-0.15, -0.1) is 0 Å². The highest BCUT2D eigenvalue weighted by Crippen LogP contribution is 2.38. The third-order valence-electron chi connectivity index (χ3n) is 6.35. The van der Waals surface area contributed by atoms with E-state index in [1.54, 1.807) is 24.5 Å². The van der Waals surface area contributed by atoms with Gasteiger partial charge >= 0.3 is 0 Å². The Morgan fingerprint density at radius 1 is 1.00 bits per heavy atom. The van der Waals surface area contributed by atoms with Gasteiger partial charge in [0.1, 0.15) is 0 Å². The molecule has 0 unspecified atom stereocenters. The van der Waals surface area contributed by atoms with Gasteiger partial charge in [0, 0.05) is 37.6 Å². The zero-order valence-electron chi connectivity index (χ0n) is 19.3. The summed E-state index contributed by atoms with van der Waals surface area (Å²) in [6.07, 6.45) is 4.48. The van der Waals surface area contributed by atoms with Crippen LogP contribution in [0.15, 0.2) is 79.1 Å². The Balaban J connectivity index is 1.65. The summed E-state index contributed by atoms with van der Waals surface area (Å²) in [4.78, 5) is 32.5. The van der Waals surface area contributed by atoms with E-state index in [4.69, 9.17) is 0 Å². The van der Waals surface area contributed by atoms with Gasteiger partial charge in [-0.05, 0) is 47.6 Å². The molecular formula is C28H31N3O2. The van der Waals surface area contributed by atoms with Crippen molar-refractivity contribution in [3.8, 4) is 11.1 Å². The molecule has 3 aromatic rings.